The molecule has 0 radical (unpaired) electrons. The molecule has 19 heavy (non-hydrogen) atoms. The van der Waals surface area contributed by atoms with E-state index in [1.165, 1.54) is 31.2 Å². The third-order valence-corrected chi connectivity index (χ3v) is 3.56. The highest BCUT2D eigenvalue weighted by Crippen LogP contribution is 2.37. The Morgan fingerprint density at radius 3 is 2.42 bits per heavy atom. The lowest BCUT2D eigenvalue weighted by atomic mass is 10.0. The van der Waals surface area contributed by atoms with Gasteiger partial charge in [-0.3, -0.25) is 0 Å². The van der Waals surface area contributed by atoms with Crippen LogP contribution < -0.4 is 10.1 Å². The molecule has 2 rings (SSSR count). The second-order valence-electron chi connectivity index (χ2n) is 5.92. The van der Waals surface area contributed by atoms with E-state index in [0.29, 0.717) is 6.04 Å². The molecule has 0 saturated heterocycles. The van der Waals surface area contributed by atoms with Gasteiger partial charge in [0.1, 0.15) is 5.75 Å². The first kappa shape index (κ1) is 14.4. The van der Waals surface area contributed by atoms with Crippen molar-refractivity contribution < 1.29 is 4.74 Å². The van der Waals surface area contributed by atoms with E-state index in [4.69, 9.17) is 4.74 Å². The van der Waals surface area contributed by atoms with Crippen LogP contribution in [-0.2, 0) is 0 Å². The highest BCUT2D eigenvalue weighted by atomic mass is 16.5. The largest absolute Gasteiger partial charge is 0.491 e. The molecule has 1 aromatic carbocycles. The molecule has 1 saturated carbocycles. The van der Waals surface area contributed by atoms with E-state index in [2.05, 4.69) is 50.4 Å². The van der Waals surface area contributed by atoms with Crippen molar-refractivity contribution in [2.45, 2.75) is 58.6 Å². The van der Waals surface area contributed by atoms with Gasteiger partial charge in [0.05, 0.1) is 6.10 Å². The number of ether oxygens (including phenoxy) is 1. The first-order chi connectivity index (χ1) is 9.19. The summed E-state index contributed by atoms with van der Waals surface area (Å²) in [5, 5.41) is 3.68. The predicted molar refractivity (Wildman–Crippen MR) is 80.6 cm³/mol. The van der Waals surface area contributed by atoms with Crippen LogP contribution in [0.1, 0.15) is 58.1 Å². The van der Waals surface area contributed by atoms with Crippen LogP contribution in [0.3, 0.4) is 0 Å². The fourth-order valence-electron chi connectivity index (χ4n) is 2.39. The maximum Gasteiger partial charge on any atom is 0.119 e. The van der Waals surface area contributed by atoms with Crippen molar-refractivity contribution in [2.24, 2.45) is 5.92 Å². The van der Waals surface area contributed by atoms with Crippen molar-refractivity contribution >= 4 is 0 Å². The molecule has 1 aromatic rings. The van der Waals surface area contributed by atoms with Gasteiger partial charge in [-0.2, -0.15) is 0 Å². The smallest absolute Gasteiger partial charge is 0.119 e. The summed E-state index contributed by atoms with van der Waals surface area (Å²) in [5.41, 5.74) is 1.40. The molecule has 1 aliphatic carbocycles. The summed E-state index contributed by atoms with van der Waals surface area (Å²) in [4.78, 5) is 0. The average Bonchev–Trinajstić information content (AvgIpc) is 3.19. The first-order valence-corrected chi connectivity index (χ1v) is 7.69. The average molecular weight is 261 g/mol. The standard InChI is InChI=1S/C17H27NO/c1-4-11-18-17(12-14-5-6-14)15-7-9-16(10-8-15)19-13(2)3/h7-10,13-14,17-18H,4-6,11-12H2,1-3H3. The van der Waals surface area contributed by atoms with Crippen LogP contribution in [0.25, 0.3) is 0 Å². The summed E-state index contributed by atoms with van der Waals surface area (Å²) in [5.74, 6) is 1.92. The Balaban J connectivity index is 1.98. The fourth-order valence-corrected chi connectivity index (χ4v) is 2.39. The number of hydrogen-bond donors (Lipinski definition) is 1. The summed E-state index contributed by atoms with van der Waals surface area (Å²) in [7, 11) is 0. The number of nitrogens with one attached hydrogen (secondary N) is 1. The molecule has 2 nitrogen and oxygen atoms in total. The topological polar surface area (TPSA) is 21.3 Å². The van der Waals surface area contributed by atoms with Crippen LogP contribution in [0.2, 0.25) is 0 Å². The molecular formula is C17H27NO. The normalized spacial score (nSPS) is 16.6. The number of benzene rings is 1. The molecule has 2 heteroatoms. The van der Waals surface area contributed by atoms with Gasteiger partial charge in [0.25, 0.3) is 0 Å². The van der Waals surface area contributed by atoms with Crippen LogP contribution in [0, 0.1) is 5.92 Å². The van der Waals surface area contributed by atoms with E-state index in [9.17, 15) is 0 Å². The second-order valence-corrected chi connectivity index (χ2v) is 5.92. The molecule has 1 aliphatic rings. The zero-order valence-corrected chi connectivity index (χ0v) is 12.5. The molecule has 1 fully saturated rings. The van der Waals surface area contributed by atoms with E-state index < -0.39 is 0 Å². The van der Waals surface area contributed by atoms with Gasteiger partial charge in [-0.15, -0.1) is 0 Å². The van der Waals surface area contributed by atoms with E-state index in [0.717, 1.165) is 18.2 Å². The van der Waals surface area contributed by atoms with Crippen molar-refractivity contribution in [1.29, 1.82) is 0 Å². The first-order valence-electron chi connectivity index (χ1n) is 7.69. The van der Waals surface area contributed by atoms with Crippen LogP contribution in [0.5, 0.6) is 5.75 Å². The van der Waals surface area contributed by atoms with Gasteiger partial charge in [-0.05, 0) is 56.8 Å². The quantitative estimate of drug-likeness (QED) is 0.752. The Morgan fingerprint density at radius 2 is 1.89 bits per heavy atom. The summed E-state index contributed by atoms with van der Waals surface area (Å²) < 4.78 is 5.70. The minimum absolute atomic E-state index is 0.242. The van der Waals surface area contributed by atoms with Crippen molar-refractivity contribution in [3.8, 4) is 5.75 Å². The van der Waals surface area contributed by atoms with Gasteiger partial charge in [0, 0.05) is 6.04 Å². The molecule has 1 atom stereocenters. The minimum atomic E-state index is 0.242. The van der Waals surface area contributed by atoms with Crippen molar-refractivity contribution in [2.75, 3.05) is 6.54 Å². The Morgan fingerprint density at radius 1 is 1.21 bits per heavy atom. The molecule has 0 bridgehead atoms. The maximum atomic E-state index is 5.70. The van der Waals surface area contributed by atoms with Gasteiger partial charge in [0.15, 0.2) is 0 Å². The summed E-state index contributed by atoms with van der Waals surface area (Å²) in [6.07, 6.45) is 5.55. The fraction of sp³-hybridized carbons (Fsp3) is 0.647. The zero-order chi connectivity index (χ0) is 13.7. The molecule has 0 amide bonds. The summed E-state index contributed by atoms with van der Waals surface area (Å²) in [6.45, 7) is 7.45. The molecule has 1 unspecified atom stereocenters. The highest BCUT2D eigenvalue weighted by Gasteiger charge is 2.25. The van der Waals surface area contributed by atoms with Gasteiger partial charge in [-0.25, -0.2) is 0 Å². The molecule has 0 spiro atoms. The van der Waals surface area contributed by atoms with Crippen molar-refractivity contribution in [3.63, 3.8) is 0 Å². The molecule has 0 aromatic heterocycles. The van der Waals surface area contributed by atoms with E-state index in [-0.39, 0.29) is 6.10 Å². The Labute approximate surface area is 117 Å². The van der Waals surface area contributed by atoms with E-state index in [1.807, 2.05) is 0 Å². The van der Waals surface area contributed by atoms with E-state index in [1.54, 1.807) is 0 Å². The monoisotopic (exact) mass is 261 g/mol. The van der Waals surface area contributed by atoms with Crippen molar-refractivity contribution in [1.82, 2.24) is 5.32 Å². The third-order valence-electron chi connectivity index (χ3n) is 3.56. The van der Waals surface area contributed by atoms with Gasteiger partial charge >= 0.3 is 0 Å². The Bertz CT molecular complexity index is 367. The van der Waals surface area contributed by atoms with Crippen LogP contribution in [0.15, 0.2) is 24.3 Å². The van der Waals surface area contributed by atoms with Crippen LogP contribution in [0.4, 0.5) is 0 Å². The van der Waals surface area contributed by atoms with E-state index >= 15 is 0 Å². The van der Waals surface area contributed by atoms with Crippen LogP contribution >= 0.6 is 0 Å². The zero-order valence-electron chi connectivity index (χ0n) is 12.5. The van der Waals surface area contributed by atoms with Crippen LogP contribution in [-0.4, -0.2) is 12.6 Å². The lowest BCUT2D eigenvalue weighted by Crippen LogP contribution is -2.22. The minimum Gasteiger partial charge on any atom is -0.491 e. The van der Waals surface area contributed by atoms with Crippen molar-refractivity contribution in [3.05, 3.63) is 29.8 Å². The molecular weight excluding hydrogens is 234 g/mol. The predicted octanol–water partition coefficient (Wildman–Crippen LogP) is 4.31. The third kappa shape index (κ3) is 4.87. The maximum absolute atomic E-state index is 5.70. The lowest BCUT2D eigenvalue weighted by molar-refractivity contribution is 0.242. The van der Waals surface area contributed by atoms with Gasteiger partial charge in [0.2, 0.25) is 0 Å². The Hall–Kier alpha value is -1.02. The SMILES string of the molecule is CCCNC(CC1CC1)c1ccc(OC(C)C)cc1. The van der Waals surface area contributed by atoms with Gasteiger partial charge in [-0.1, -0.05) is 31.9 Å². The summed E-state index contributed by atoms with van der Waals surface area (Å²) >= 11 is 0. The molecule has 106 valence electrons. The second kappa shape index (κ2) is 6.95. The Kier molecular flexibility index (Phi) is 5.26. The number of rotatable bonds is 8. The molecule has 0 heterocycles. The summed E-state index contributed by atoms with van der Waals surface area (Å²) in [6, 6.07) is 9.15. The molecule has 1 N–H and O–H groups in total. The van der Waals surface area contributed by atoms with Gasteiger partial charge < -0.3 is 10.1 Å². The highest BCUT2D eigenvalue weighted by molar-refractivity contribution is 5.29. The molecule has 0 aliphatic heterocycles. The number of hydrogen-bond acceptors (Lipinski definition) is 2. The lowest BCUT2D eigenvalue weighted by Gasteiger charge is -2.19.